The van der Waals surface area contributed by atoms with E-state index in [2.05, 4.69) is 32.9 Å². The van der Waals surface area contributed by atoms with Crippen LogP contribution in [-0.4, -0.2) is 0 Å². The second-order valence-corrected chi connectivity index (χ2v) is 4.58. The second kappa shape index (κ2) is 6.57. The van der Waals surface area contributed by atoms with Crippen molar-refractivity contribution < 1.29 is 0 Å². The summed E-state index contributed by atoms with van der Waals surface area (Å²) >= 11 is 0. The third-order valence-electron chi connectivity index (χ3n) is 2.99. The molecule has 0 atom stereocenters. The minimum Gasteiger partial charge on any atom is -0.398 e. The molecule has 0 fully saturated rings. The maximum atomic E-state index is 6.22. The van der Waals surface area contributed by atoms with Crippen LogP contribution in [0.4, 0.5) is 5.69 Å². The van der Waals surface area contributed by atoms with E-state index in [0.717, 1.165) is 18.5 Å². The van der Waals surface area contributed by atoms with Gasteiger partial charge in [-0.15, -0.1) is 0 Å². The first-order valence-electron chi connectivity index (χ1n) is 6.63. The molecule has 2 N–H and O–H groups in total. The predicted molar refractivity (Wildman–Crippen MR) is 72.8 cm³/mol. The molecule has 1 aromatic carbocycles. The van der Waals surface area contributed by atoms with E-state index in [4.69, 9.17) is 5.73 Å². The van der Waals surface area contributed by atoms with Gasteiger partial charge in [0.15, 0.2) is 0 Å². The number of hydrogen-bond donors (Lipinski definition) is 1. The van der Waals surface area contributed by atoms with Gasteiger partial charge >= 0.3 is 0 Å². The Hall–Kier alpha value is -0.980. The highest BCUT2D eigenvalue weighted by Crippen LogP contribution is 2.24. The summed E-state index contributed by atoms with van der Waals surface area (Å²) in [5, 5.41) is 0. The van der Waals surface area contributed by atoms with E-state index in [0.29, 0.717) is 0 Å². The molecule has 0 saturated heterocycles. The van der Waals surface area contributed by atoms with E-state index in [9.17, 15) is 0 Å². The minimum atomic E-state index is 1.04. The first-order chi connectivity index (χ1) is 7.72. The number of aryl methyl sites for hydroxylation is 3. The second-order valence-electron chi connectivity index (χ2n) is 4.58. The van der Waals surface area contributed by atoms with Gasteiger partial charge in [-0.2, -0.15) is 0 Å². The number of benzene rings is 1. The molecule has 1 nitrogen and oxygen atoms in total. The lowest BCUT2D eigenvalue weighted by molar-refractivity contribution is 0.874. The average Bonchev–Trinajstić information content (AvgIpc) is 2.26. The van der Waals surface area contributed by atoms with Crippen LogP contribution < -0.4 is 5.73 Å². The number of nitrogen functional groups attached to an aromatic ring is 1. The van der Waals surface area contributed by atoms with Crippen molar-refractivity contribution in [2.24, 2.45) is 0 Å². The number of anilines is 1. The van der Waals surface area contributed by atoms with Crippen molar-refractivity contribution in [3.63, 3.8) is 0 Å². The lowest BCUT2D eigenvalue weighted by atomic mass is 9.95. The standard InChI is InChI=1S/C15H25N/c1-4-7-12-10-13(8-5-2)15(16)14(11-12)9-6-3/h10-11H,4-9,16H2,1-3H3. The van der Waals surface area contributed by atoms with Crippen LogP contribution in [0.25, 0.3) is 0 Å². The zero-order valence-electron chi connectivity index (χ0n) is 11.0. The molecule has 0 unspecified atom stereocenters. The van der Waals surface area contributed by atoms with Gasteiger partial charge in [0, 0.05) is 5.69 Å². The molecule has 0 aliphatic carbocycles. The Labute approximate surface area is 100 Å². The van der Waals surface area contributed by atoms with Crippen molar-refractivity contribution in [1.82, 2.24) is 0 Å². The summed E-state index contributed by atoms with van der Waals surface area (Å²) in [6.45, 7) is 6.66. The molecule has 90 valence electrons. The average molecular weight is 219 g/mol. The highest BCUT2D eigenvalue weighted by molar-refractivity contribution is 5.56. The molecule has 0 heterocycles. The first-order valence-corrected chi connectivity index (χ1v) is 6.63. The monoisotopic (exact) mass is 219 g/mol. The van der Waals surface area contributed by atoms with Gasteiger partial charge in [-0.1, -0.05) is 52.2 Å². The van der Waals surface area contributed by atoms with Crippen LogP contribution in [0.2, 0.25) is 0 Å². The molecule has 1 heteroatoms. The van der Waals surface area contributed by atoms with Crippen LogP contribution in [-0.2, 0) is 19.3 Å². The van der Waals surface area contributed by atoms with Gasteiger partial charge in [-0.25, -0.2) is 0 Å². The van der Waals surface area contributed by atoms with Gasteiger partial charge in [0.2, 0.25) is 0 Å². The molecular weight excluding hydrogens is 194 g/mol. The highest BCUT2D eigenvalue weighted by Gasteiger charge is 2.06. The highest BCUT2D eigenvalue weighted by atomic mass is 14.6. The van der Waals surface area contributed by atoms with Gasteiger partial charge in [0.1, 0.15) is 0 Å². The Morgan fingerprint density at radius 2 is 1.25 bits per heavy atom. The molecule has 1 rings (SSSR count). The fourth-order valence-corrected chi connectivity index (χ4v) is 2.24. The van der Waals surface area contributed by atoms with Crippen molar-refractivity contribution in [3.05, 3.63) is 28.8 Å². The SMILES string of the molecule is CCCc1cc(CCC)c(N)c(CCC)c1. The summed E-state index contributed by atoms with van der Waals surface area (Å²) in [6.07, 6.45) is 6.95. The molecule has 1 aromatic rings. The predicted octanol–water partition coefficient (Wildman–Crippen LogP) is 4.13. The van der Waals surface area contributed by atoms with Crippen LogP contribution >= 0.6 is 0 Å². The summed E-state index contributed by atoms with van der Waals surface area (Å²) in [5.74, 6) is 0. The van der Waals surface area contributed by atoms with E-state index in [1.165, 1.54) is 42.4 Å². The van der Waals surface area contributed by atoms with Crippen molar-refractivity contribution >= 4 is 5.69 Å². The van der Waals surface area contributed by atoms with Gasteiger partial charge in [0.25, 0.3) is 0 Å². The normalized spacial score (nSPS) is 10.7. The van der Waals surface area contributed by atoms with E-state index in [1.807, 2.05) is 0 Å². The van der Waals surface area contributed by atoms with Crippen molar-refractivity contribution in [2.45, 2.75) is 59.3 Å². The zero-order valence-corrected chi connectivity index (χ0v) is 11.0. The maximum absolute atomic E-state index is 6.22. The van der Waals surface area contributed by atoms with Crippen molar-refractivity contribution in [3.8, 4) is 0 Å². The van der Waals surface area contributed by atoms with Crippen LogP contribution in [0.15, 0.2) is 12.1 Å². The molecule has 0 bridgehead atoms. The van der Waals surface area contributed by atoms with Gasteiger partial charge in [-0.3, -0.25) is 0 Å². The summed E-state index contributed by atoms with van der Waals surface area (Å²) in [7, 11) is 0. The number of rotatable bonds is 6. The lowest BCUT2D eigenvalue weighted by Gasteiger charge is -2.13. The summed E-state index contributed by atoms with van der Waals surface area (Å²) in [5.41, 5.74) is 11.4. The zero-order chi connectivity index (χ0) is 12.0. The van der Waals surface area contributed by atoms with Crippen molar-refractivity contribution in [2.75, 3.05) is 5.73 Å². The quantitative estimate of drug-likeness (QED) is 0.715. The topological polar surface area (TPSA) is 26.0 Å². The molecule has 0 radical (unpaired) electrons. The largest absolute Gasteiger partial charge is 0.398 e. The van der Waals surface area contributed by atoms with Crippen LogP contribution in [0.3, 0.4) is 0 Å². The van der Waals surface area contributed by atoms with E-state index < -0.39 is 0 Å². The Morgan fingerprint density at radius 1 is 0.812 bits per heavy atom. The van der Waals surface area contributed by atoms with E-state index in [-0.39, 0.29) is 0 Å². The van der Waals surface area contributed by atoms with Gasteiger partial charge < -0.3 is 5.73 Å². The number of nitrogens with two attached hydrogens (primary N) is 1. The molecule has 16 heavy (non-hydrogen) atoms. The summed E-state index contributed by atoms with van der Waals surface area (Å²) in [6, 6.07) is 4.61. The Morgan fingerprint density at radius 3 is 1.62 bits per heavy atom. The van der Waals surface area contributed by atoms with Gasteiger partial charge in [0.05, 0.1) is 0 Å². The van der Waals surface area contributed by atoms with Gasteiger partial charge in [-0.05, 0) is 36.0 Å². The Balaban J connectivity index is 3.05. The summed E-state index contributed by atoms with van der Waals surface area (Å²) < 4.78 is 0. The molecule has 0 aliphatic heterocycles. The van der Waals surface area contributed by atoms with Crippen molar-refractivity contribution in [1.29, 1.82) is 0 Å². The molecule has 0 amide bonds. The molecular formula is C15H25N. The third-order valence-corrected chi connectivity index (χ3v) is 2.99. The molecule has 0 aromatic heterocycles. The lowest BCUT2D eigenvalue weighted by Crippen LogP contribution is -2.02. The van der Waals surface area contributed by atoms with Crippen LogP contribution in [0.1, 0.15) is 56.7 Å². The minimum absolute atomic E-state index is 1.04. The first kappa shape index (κ1) is 13.1. The fourth-order valence-electron chi connectivity index (χ4n) is 2.24. The third kappa shape index (κ3) is 3.26. The molecule has 0 spiro atoms. The molecule has 0 aliphatic rings. The maximum Gasteiger partial charge on any atom is 0.0379 e. The van der Waals surface area contributed by atoms with E-state index >= 15 is 0 Å². The Kier molecular flexibility index (Phi) is 5.37. The summed E-state index contributed by atoms with van der Waals surface area (Å²) in [4.78, 5) is 0. The smallest absolute Gasteiger partial charge is 0.0379 e. The van der Waals surface area contributed by atoms with E-state index in [1.54, 1.807) is 0 Å². The van der Waals surface area contributed by atoms with Crippen LogP contribution in [0.5, 0.6) is 0 Å². The fraction of sp³-hybridized carbons (Fsp3) is 0.600. The van der Waals surface area contributed by atoms with Crippen LogP contribution in [0, 0.1) is 0 Å². The Bertz CT molecular complexity index is 301. The number of hydrogen-bond acceptors (Lipinski definition) is 1. The molecule has 0 saturated carbocycles.